The third-order valence-electron chi connectivity index (χ3n) is 3.24. The molecule has 0 aromatic heterocycles. The molecule has 0 aliphatic carbocycles. The lowest BCUT2D eigenvalue weighted by Crippen LogP contribution is -2.48. The number of benzene rings is 1. The summed E-state index contributed by atoms with van der Waals surface area (Å²) in [4.78, 5) is 11.1. The van der Waals surface area contributed by atoms with Crippen molar-refractivity contribution in [2.75, 3.05) is 20.4 Å². The highest BCUT2D eigenvalue weighted by molar-refractivity contribution is 5.78. The van der Waals surface area contributed by atoms with Gasteiger partial charge in [-0.25, -0.2) is 0 Å². The van der Waals surface area contributed by atoms with E-state index in [1.54, 1.807) is 32.2 Å². The molecule has 1 heterocycles. The van der Waals surface area contributed by atoms with Crippen LogP contribution in [-0.4, -0.2) is 37.1 Å². The Bertz CT molecular complexity index is 476. The lowest BCUT2D eigenvalue weighted by atomic mass is 9.99. The van der Waals surface area contributed by atoms with Crippen LogP contribution in [0.5, 0.6) is 17.2 Å². The van der Waals surface area contributed by atoms with Gasteiger partial charge in [0.05, 0.1) is 6.61 Å². The summed E-state index contributed by atoms with van der Waals surface area (Å²) >= 11 is 0. The smallest absolute Gasteiger partial charge is 0.323 e. The largest absolute Gasteiger partial charge is 0.493 e. The monoisotopic (exact) mass is 267 g/mol. The van der Waals surface area contributed by atoms with Gasteiger partial charge in [0.2, 0.25) is 6.79 Å². The molecule has 1 aliphatic rings. The normalized spacial score (nSPS) is 15.9. The zero-order chi connectivity index (χ0) is 13.9. The van der Waals surface area contributed by atoms with Crippen molar-refractivity contribution in [3.8, 4) is 17.2 Å². The van der Waals surface area contributed by atoms with E-state index in [0.29, 0.717) is 30.3 Å². The molecule has 0 radical (unpaired) electrons. The van der Waals surface area contributed by atoms with Crippen LogP contribution >= 0.6 is 0 Å². The Kier molecular flexibility index (Phi) is 3.80. The molecule has 0 saturated heterocycles. The van der Waals surface area contributed by atoms with Crippen molar-refractivity contribution in [3.63, 3.8) is 0 Å². The highest BCUT2D eigenvalue weighted by atomic mass is 16.7. The summed E-state index contributed by atoms with van der Waals surface area (Å²) in [5, 5.41) is 11.9. The zero-order valence-corrected chi connectivity index (χ0v) is 10.9. The van der Waals surface area contributed by atoms with Gasteiger partial charge in [-0.15, -0.1) is 0 Å². The minimum absolute atomic E-state index is 0.218. The molecule has 1 atom stereocenters. The number of hydrogen-bond donors (Lipinski definition) is 2. The van der Waals surface area contributed by atoms with Gasteiger partial charge in [0.1, 0.15) is 11.3 Å². The van der Waals surface area contributed by atoms with Crippen LogP contribution in [0.2, 0.25) is 0 Å². The number of fused-ring (bicyclic) bond motifs is 1. The lowest BCUT2D eigenvalue weighted by Gasteiger charge is -2.23. The summed E-state index contributed by atoms with van der Waals surface area (Å²) in [5.41, 5.74) is -0.990. The molecular formula is C13H17NO5. The third kappa shape index (κ3) is 2.90. The summed E-state index contributed by atoms with van der Waals surface area (Å²) in [6.45, 7) is 2.14. The van der Waals surface area contributed by atoms with Crippen molar-refractivity contribution in [1.82, 2.24) is 5.32 Å². The summed E-state index contributed by atoms with van der Waals surface area (Å²) in [5.74, 6) is 1.07. The first-order chi connectivity index (χ1) is 9.05. The Balaban J connectivity index is 1.91. The number of carbonyl (C=O) groups is 1. The Hall–Kier alpha value is -1.95. The molecule has 19 heavy (non-hydrogen) atoms. The fraction of sp³-hybridized carbons (Fsp3) is 0.462. The van der Waals surface area contributed by atoms with Crippen molar-refractivity contribution in [2.24, 2.45) is 0 Å². The molecule has 1 aliphatic heterocycles. The number of ether oxygens (including phenoxy) is 3. The molecular weight excluding hydrogens is 250 g/mol. The fourth-order valence-electron chi connectivity index (χ4n) is 1.68. The summed E-state index contributed by atoms with van der Waals surface area (Å²) < 4.78 is 16.0. The average molecular weight is 267 g/mol. The number of rotatable bonds is 6. The minimum atomic E-state index is -0.990. The topological polar surface area (TPSA) is 77.0 Å². The molecule has 0 amide bonds. The van der Waals surface area contributed by atoms with E-state index in [-0.39, 0.29) is 6.79 Å². The molecule has 2 rings (SSSR count). The molecule has 1 aromatic carbocycles. The van der Waals surface area contributed by atoms with Crippen LogP contribution in [0.15, 0.2) is 18.2 Å². The molecule has 0 fully saturated rings. The number of aliphatic carboxylic acids is 1. The number of nitrogens with one attached hydrogen (secondary N) is 1. The van der Waals surface area contributed by atoms with E-state index < -0.39 is 11.5 Å². The van der Waals surface area contributed by atoms with Gasteiger partial charge in [0.25, 0.3) is 0 Å². The Morgan fingerprint density at radius 1 is 1.47 bits per heavy atom. The fourth-order valence-corrected chi connectivity index (χ4v) is 1.68. The van der Waals surface area contributed by atoms with Crippen LogP contribution in [0.25, 0.3) is 0 Å². The maximum atomic E-state index is 11.1. The highest BCUT2D eigenvalue weighted by Crippen LogP contribution is 2.35. The van der Waals surface area contributed by atoms with Gasteiger partial charge < -0.3 is 24.6 Å². The average Bonchev–Trinajstić information content (AvgIpc) is 2.85. The molecule has 6 nitrogen and oxygen atoms in total. The van der Waals surface area contributed by atoms with Crippen molar-refractivity contribution >= 4 is 5.97 Å². The van der Waals surface area contributed by atoms with Crippen LogP contribution in [-0.2, 0) is 4.79 Å². The molecule has 0 bridgehead atoms. The second kappa shape index (κ2) is 5.36. The van der Waals surface area contributed by atoms with E-state index >= 15 is 0 Å². The lowest BCUT2D eigenvalue weighted by molar-refractivity contribution is -0.144. The van der Waals surface area contributed by atoms with E-state index in [0.717, 1.165) is 0 Å². The number of hydrogen-bond acceptors (Lipinski definition) is 5. The SMILES string of the molecule is CNC(C)(CCOc1ccc2c(c1)OCO2)C(=O)O. The number of likely N-dealkylation sites (N-methyl/N-ethyl adjacent to an activating group) is 1. The first-order valence-electron chi connectivity index (χ1n) is 6.00. The number of carboxylic acids is 1. The van der Waals surface area contributed by atoms with Gasteiger partial charge in [-0.3, -0.25) is 4.79 Å². The highest BCUT2D eigenvalue weighted by Gasteiger charge is 2.30. The first kappa shape index (κ1) is 13.5. The Morgan fingerprint density at radius 2 is 2.21 bits per heavy atom. The van der Waals surface area contributed by atoms with Crippen molar-refractivity contribution in [3.05, 3.63) is 18.2 Å². The molecule has 1 aromatic rings. The van der Waals surface area contributed by atoms with E-state index in [1.165, 1.54) is 0 Å². The third-order valence-corrected chi connectivity index (χ3v) is 3.24. The number of carboxylic acid groups (broad SMARTS) is 1. The van der Waals surface area contributed by atoms with Gasteiger partial charge in [-0.05, 0) is 26.1 Å². The van der Waals surface area contributed by atoms with Crippen LogP contribution < -0.4 is 19.5 Å². The zero-order valence-electron chi connectivity index (χ0n) is 10.9. The van der Waals surface area contributed by atoms with Crippen molar-refractivity contribution in [2.45, 2.75) is 18.9 Å². The van der Waals surface area contributed by atoms with Gasteiger partial charge in [-0.1, -0.05) is 0 Å². The second-order valence-electron chi connectivity index (χ2n) is 4.50. The Labute approximate surface area is 111 Å². The van der Waals surface area contributed by atoms with E-state index in [2.05, 4.69) is 5.32 Å². The van der Waals surface area contributed by atoms with Crippen LogP contribution in [0.3, 0.4) is 0 Å². The molecule has 6 heteroatoms. The van der Waals surface area contributed by atoms with E-state index in [9.17, 15) is 4.79 Å². The van der Waals surface area contributed by atoms with Gasteiger partial charge >= 0.3 is 5.97 Å². The van der Waals surface area contributed by atoms with Gasteiger partial charge in [0.15, 0.2) is 11.5 Å². The standard InChI is InChI=1S/C13H17NO5/c1-13(14-2,12(15)16)5-6-17-9-3-4-10-11(7-9)19-8-18-10/h3-4,7,14H,5-6,8H2,1-2H3,(H,15,16). The van der Waals surface area contributed by atoms with E-state index in [1.807, 2.05) is 0 Å². The second-order valence-corrected chi connectivity index (χ2v) is 4.50. The summed E-state index contributed by atoms with van der Waals surface area (Å²) in [6, 6.07) is 5.27. The molecule has 2 N–H and O–H groups in total. The van der Waals surface area contributed by atoms with Crippen LogP contribution in [0.1, 0.15) is 13.3 Å². The van der Waals surface area contributed by atoms with Crippen molar-refractivity contribution in [1.29, 1.82) is 0 Å². The quantitative estimate of drug-likeness (QED) is 0.807. The van der Waals surface area contributed by atoms with Gasteiger partial charge in [0, 0.05) is 12.5 Å². The van der Waals surface area contributed by atoms with Crippen LogP contribution in [0, 0.1) is 0 Å². The molecule has 0 spiro atoms. The predicted molar refractivity (Wildman–Crippen MR) is 67.8 cm³/mol. The molecule has 1 unspecified atom stereocenters. The predicted octanol–water partition coefficient (Wildman–Crippen LogP) is 1.25. The summed E-state index contributed by atoms with van der Waals surface area (Å²) in [7, 11) is 1.62. The Morgan fingerprint density at radius 3 is 2.89 bits per heavy atom. The molecule has 0 saturated carbocycles. The summed E-state index contributed by atoms with van der Waals surface area (Å²) in [6.07, 6.45) is 0.354. The first-order valence-corrected chi connectivity index (χ1v) is 6.00. The molecule has 104 valence electrons. The van der Waals surface area contributed by atoms with Crippen molar-refractivity contribution < 1.29 is 24.1 Å². The van der Waals surface area contributed by atoms with E-state index in [4.69, 9.17) is 19.3 Å². The van der Waals surface area contributed by atoms with Gasteiger partial charge in [-0.2, -0.15) is 0 Å². The maximum absolute atomic E-state index is 11.1. The maximum Gasteiger partial charge on any atom is 0.323 e. The minimum Gasteiger partial charge on any atom is -0.493 e. The van der Waals surface area contributed by atoms with Crippen LogP contribution in [0.4, 0.5) is 0 Å².